The molecule has 0 bridgehead atoms. The van der Waals surface area contributed by atoms with Crippen LogP contribution in [0.25, 0.3) is 0 Å². The summed E-state index contributed by atoms with van der Waals surface area (Å²) in [4.78, 5) is 18.7. The molecule has 0 unspecified atom stereocenters. The van der Waals surface area contributed by atoms with Crippen LogP contribution < -0.4 is 5.32 Å². The van der Waals surface area contributed by atoms with Crippen molar-refractivity contribution in [1.29, 1.82) is 0 Å². The first-order valence-electron chi connectivity index (χ1n) is 9.30. The number of ether oxygens (including phenoxy) is 1. The van der Waals surface area contributed by atoms with Crippen LogP contribution in [0.1, 0.15) is 37.6 Å². The van der Waals surface area contributed by atoms with Crippen LogP contribution in [0.5, 0.6) is 0 Å². The Morgan fingerprint density at radius 2 is 2.20 bits per heavy atom. The number of carbonyl (C=O) groups is 1. The van der Waals surface area contributed by atoms with Crippen LogP contribution in [0.4, 0.5) is 4.79 Å². The van der Waals surface area contributed by atoms with E-state index in [4.69, 9.17) is 4.74 Å². The first-order chi connectivity index (χ1) is 12.0. The van der Waals surface area contributed by atoms with E-state index in [0.29, 0.717) is 26.2 Å². The number of aliphatic hydroxyl groups is 1. The van der Waals surface area contributed by atoms with E-state index in [9.17, 15) is 9.90 Å². The van der Waals surface area contributed by atoms with E-state index < -0.39 is 0 Å². The molecule has 138 valence electrons. The van der Waals surface area contributed by atoms with Crippen molar-refractivity contribution in [2.45, 2.75) is 51.7 Å². The fourth-order valence-corrected chi connectivity index (χ4v) is 4.09. The largest absolute Gasteiger partial charge is 0.392 e. The maximum Gasteiger partial charge on any atom is 0.317 e. The maximum atomic E-state index is 12.4. The zero-order valence-electron chi connectivity index (χ0n) is 15.2. The van der Waals surface area contributed by atoms with E-state index in [0.717, 1.165) is 37.1 Å². The molecule has 6 heteroatoms. The van der Waals surface area contributed by atoms with Crippen LogP contribution in [-0.2, 0) is 11.2 Å². The lowest BCUT2D eigenvalue weighted by Gasteiger charge is -2.56. The molecule has 2 atom stereocenters. The van der Waals surface area contributed by atoms with Gasteiger partial charge in [-0.2, -0.15) is 0 Å². The zero-order valence-corrected chi connectivity index (χ0v) is 15.2. The fourth-order valence-electron chi connectivity index (χ4n) is 4.09. The summed E-state index contributed by atoms with van der Waals surface area (Å²) in [6.07, 6.45) is 2.93. The number of aromatic nitrogens is 1. The van der Waals surface area contributed by atoms with Crippen molar-refractivity contribution >= 4 is 6.03 Å². The molecular weight excluding hydrogens is 318 g/mol. The Hall–Kier alpha value is -1.66. The molecule has 2 amide bonds. The van der Waals surface area contributed by atoms with Crippen LogP contribution in [0.2, 0.25) is 0 Å². The van der Waals surface area contributed by atoms with Crippen molar-refractivity contribution in [2.75, 3.05) is 26.2 Å². The van der Waals surface area contributed by atoms with E-state index >= 15 is 0 Å². The lowest BCUT2D eigenvalue weighted by molar-refractivity contribution is -0.207. The van der Waals surface area contributed by atoms with Crippen molar-refractivity contribution in [1.82, 2.24) is 15.2 Å². The molecule has 25 heavy (non-hydrogen) atoms. The number of nitrogens with one attached hydrogen (secondary N) is 1. The predicted molar refractivity (Wildman–Crippen MR) is 95.4 cm³/mol. The standard InChI is InChI=1S/C19H29N3O3/c1-3-25-17-13-16(23)19(17)8-11-22(12-9-19)18(24)20-10-7-15-6-4-5-14(2)21-15/h4-6,16-17,23H,3,7-13H2,1-2H3,(H,20,24)/t16-,17-/m1/s1. The monoisotopic (exact) mass is 347 g/mol. The smallest absolute Gasteiger partial charge is 0.317 e. The topological polar surface area (TPSA) is 74.7 Å². The SMILES string of the molecule is CCO[C@@H]1C[C@@H](O)C12CCN(C(=O)NCCc1cccc(C)n1)CC2. The number of hydrogen-bond donors (Lipinski definition) is 2. The van der Waals surface area contributed by atoms with Gasteiger partial charge in [-0.3, -0.25) is 4.98 Å². The minimum atomic E-state index is -0.290. The molecule has 1 saturated heterocycles. The molecule has 1 aromatic rings. The second-order valence-electron chi connectivity index (χ2n) is 7.17. The van der Waals surface area contributed by atoms with Gasteiger partial charge in [0.1, 0.15) is 0 Å². The Bertz CT molecular complexity index is 597. The number of likely N-dealkylation sites (tertiary alicyclic amines) is 1. The normalized spacial score (nSPS) is 24.8. The Morgan fingerprint density at radius 1 is 1.44 bits per heavy atom. The van der Waals surface area contributed by atoms with Crippen LogP contribution in [0, 0.1) is 12.3 Å². The van der Waals surface area contributed by atoms with Crippen LogP contribution in [-0.4, -0.2) is 59.5 Å². The summed E-state index contributed by atoms with van der Waals surface area (Å²) < 4.78 is 5.77. The molecule has 6 nitrogen and oxygen atoms in total. The summed E-state index contributed by atoms with van der Waals surface area (Å²) in [5.74, 6) is 0. The summed E-state index contributed by atoms with van der Waals surface area (Å²) in [5, 5.41) is 13.2. The summed E-state index contributed by atoms with van der Waals surface area (Å²) in [7, 11) is 0. The van der Waals surface area contributed by atoms with Gasteiger partial charge in [-0.25, -0.2) is 4.79 Å². The third-order valence-electron chi connectivity index (χ3n) is 5.69. The summed E-state index contributed by atoms with van der Waals surface area (Å²) >= 11 is 0. The van der Waals surface area contributed by atoms with Gasteiger partial charge >= 0.3 is 6.03 Å². The predicted octanol–water partition coefficient (Wildman–Crippen LogP) is 1.89. The molecule has 1 aliphatic heterocycles. The maximum absolute atomic E-state index is 12.4. The molecule has 1 saturated carbocycles. The number of hydrogen-bond acceptors (Lipinski definition) is 4. The number of amides is 2. The number of rotatable bonds is 5. The highest BCUT2D eigenvalue weighted by molar-refractivity contribution is 5.74. The van der Waals surface area contributed by atoms with Gasteiger partial charge in [0, 0.05) is 55.9 Å². The van der Waals surface area contributed by atoms with Crippen molar-refractivity contribution in [3.8, 4) is 0 Å². The molecule has 2 N–H and O–H groups in total. The number of aliphatic hydroxyl groups excluding tert-OH is 1. The highest BCUT2D eigenvalue weighted by atomic mass is 16.5. The second-order valence-corrected chi connectivity index (χ2v) is 7.17. The lowest BCUT2D eigenvalue weighted by Crippen LogP contribution is -2.63. The molecule has 2 heterocycles. The summed E-state index contributed by atoms with van der Waals surface area (Å²) in [6.45, 7) is 6.57. The van der Waals surface area contributed by atoms with Gasteiger partial charge in [-0.05, 0) is 38.8 Å². The van der Waals surface area contributed by atoms with Crippen LogP contribution in [0.15, 0.2) is 18.2 Å². The van der Waals surface area contributed by atoms with E-state index in [-0.39, 0.29) is 23.7 Å². The number of piperidine rings is 1. The minimum absolute atomic E-state index is 0.0238. The first-order valence-corrected chi connectivity index (χ1v) is 9.30. The van der Waals surface area contributed by atoms with Gasteiger partial charge in [-0.1, -0.05) is 6.07 Å². The Labute approximate surface area is 149 Å². The van der Waals surface area contributed by atoms with E-state index in [2.05, 4.69) is 10.3 Å². The Morgan fingerprint density at radius 3 is 2.84 bits per heavy atom. The average Bonchev–Trinajstić information content (AvgIpc) is 2.62. The molecule has 2 fully saturated rings. The third-order valence-corrected chi connectivity index (χ3v) is 5.69. The third kappa shape index (κ3) is 3.80. The van der Waals surface area contributed by atoms with Gasteiger partial charge in [0.25, 0.3) is 0 Å². The quantitative estimate of drug-likeness (QED) is 0.853. The van der Waals surface area contributed by atoms with Gasteiger partial charge in [0.15, 0.2) is 0 Å². The van der Waals surface area contributed by atoms with Crippen molar-refractivity contribution in [3.05, 3.63) is 29.6 Å². The van der Waals surface area contributed by atoms with Gasteiger partial charge in [-0.15, -0.1) is 0 Å². The average molecular weight is 347 g/mol. The molecular formula is C19H29N3O3. The van der Waals surface area contributed by atoms with Gasteiger partial charge in [0.05, 0.1) is 12.2 Å². The van der Waals surface area contributed by atoms with E-state index in [1.54, 1.807) is 0 Å². The second kappa shape index (κ2) is 7.70. The number of urea groups is 1. The van der Waals surface area contributed by atoms with Crippen molar-refractivity contribution in [3.63, 3.8) is 0 Å². The number of carbonyl (C=O) groups excluding carboxylic acids is 1. The number of nitrogens with zero attached hydrogens (tertiary/aromatic N) is 2. The van der Waals surface area contributed by atoms with Gasteiger partial charge < -0.3 is 20.1 Å². The highest BCUT2D eigenvalue weighted by Gasteiger charge is 2.56. The number of pyridine rings is 1. The summed E-state index contributed by atoms with van der Waals surface area (Å²) in [6, 6.07) is 5.91. The molecule has 0 radical (unpaired) electrons. The highest BCUT2D eigenvalue weighted by Crippen LogP contribution is 2.50. The van der Waals surface area contributed by atoms with Crippen molar-refractivity contribution < 1.29 is 14.6 Å². The molecule has 1 spiro atoms. The van der Waals surface area contributed by atoms with E-state index in [1.165, 1.54) is 0 Å². The molecule has 3 rings (SSSR count). The molecule has 1 aliphatic carbocycles. The van der Waals surface area contributed by atoms with Crippen molar-refractivity contribution in [2.24, 2.45) is 5.41 Å². The Balaban J connectivity index is 1.44. The lowest BCUT2D eigenvalue weighted by atomic mass is 9.58. The Kier molecular flexibility index (Phi) is 5.59. The van der Waals surface area contributed by atoms with E-state index in [1.807, 2.05) is 36.9 Å². The molecule has 2 aliphatic rings. The zero-order chi connectivity index (χ0) is 17.9. The summed E-state index contributed by atoms with van der Waals surface area (Å²) in [5.41, 5.74) is 1.85. The molecule has 1 aromatic heterocycles. The minimum Gasteiger partial charge on any atom is -0.392 e. The first kappa shape index (κ1) is 18.1. The van der Waals surface area contributed by atoms with Crippen LogP contribution in [0.3, 0.4) is 0 Å². The molecule has 0 aromatic carbocycles. The van der Waals surface area contributed by atoms with Gasteiger partial charge in [0.2, 0.25) is 0 Å². The fraction of sp³-hybridized carbons (Fsp3) is 0.684. The van der Waals surface area contributed by atoms with Crippen LogP contribution >= 0.6 is 0 Å². The number of aryl methyl sites for hydroxylation is 1.